The van der Waals surface area contributed by atoms with Crippen LogP contribution in [0.2, 0.25) is 0 Å². The highest BCUT2D eigenvalue weighted by Crippen LogP contribution is 2.57. The number of esters is 1. The molecule has 1 aromatic carbocycles. The van der Waals surface area contributed by atoms with Crippen molar-refractivity contribution >= 4 is 31.2 Å². The SMILES string of the molecule is CCOC(=O)/C(=C\c1ccc(NC(C)=O)cc1)P(=O)(OCC)OCC. The molecule has 0 atom stereocenters. The third-order valence-corrected chi connectivity index (χ3v) is 5.01. The third-order valence-electron chi connectivity index (χ3n) is 2.91. The van der Waals surface area contributed by atoms with Crippen LogP contribution in [0.5, 0.6) is 0 Å². The predicted molar refractivity (Wildman–Crippen MR) is 96.2 cm³/mol. The zero-order valence-corrected chi connectivity index (χ0v) is 15.8. The van der Waals surface area contributed by atoms with E-state index in [2.05, 4.69) is 5.32 Å². The first-order valence-corrected chi connectivity index (χ1v) is 9.56. The van der Waals surface area contributed by atoms with Crippen LogP contribution in [0.4, 0.5) is 5.69 Å². The Bertz CT molecular complexity index is 658. The molecular formula is C17H24NO6P. The monoisotopic (exact) mass is 369 g/mol. The number of hydrogen-bond donors (Lipinski definition) is 1. The molecule has 8 heteroatoms. The summed E-state index contributed by atoms with van der Waals surface area (Å²) >= 11 is 0. The first-order chi connectivity index (χ1) is 11.9. The van der Waals surface area contributed by atoms with Gasteiger partial charge in [-0.2, -0.15) is 0 Å². The van der Waals surface area contributed by atoms with Crippen molar-refractivity contribution in [1.29, 1.82) is 0 Å². The largest absolute Gasteiger partial charge is 0.462 e. The highest BCUT2D eigenvalue weighted by atomic mass is 31.2. The highest BCUT2D eigenvalue weighted by molar-refractivity contribution is 7.60. The molecular weight excluding hydrogens is 345 g/mol. The molecule has 0 aromatic heterocycles. The van der Waals surface area contributed by atoms with Crippen LogP contribution in [0.3, 0.4) is 0 Å². The molecule has 0 radical (unpaired) electrons. The first kappa shape index (κ1) is 21.1. The molecule has 0 bridgehead atoms. The summed E-state index contributed by atoms with van der Waals surface area (Å²) in [5, 5.41) is 2.48. The van der Waals surface area contributed by atoms with Gasteiger partial charge in [0.15, 0.2) is 0 Å². The summed E-state index contributed by atoms with van der Waals surface area (Å²) in [5.41, 5.74) is 1.21. The lowest BCUT2D eigenvalue weighted by atomic mass is 10.2. The summed E-state index contributed by atoms with van der Waals surface area (Å²) in [4.78, 5) is 23.3. The Labute approximate surface area is 147 Å². The molecule has 1 rings (SSSR count). The van der Waals surface area contributed by atoms with Crippen molar-refractivity contribution in [3.8, 4) is 0 Å². The van der Waals surface area contributed by atoms with Gasteiger partial charge in [-0.1, -0.05) is 12.1 Å². The van der Waals surface area contributed by atoms with E-state index in [4.69, 9.17) is 13.8 Å². The molecule has 1 aromatic rings. The van der Waals surface area contributed by atoms with Gasteiger partial charge in [-0.05, 0) is 44.5 Å². The minimum Gasteiger partial charge on any atom is -0.462 e. The quantitative estimate of drug-likeness (QED) is 0.404. The van der Waals surface area contributed by atoms with E-state index in [1.54, 1.807) is 45.0 Å². The maximum atomic E-state index is 13.0. The molecule has 25 heavy (non-hydrogen) atoms. The van der Waals surface area contributed by atoms with Crippen LogP contribution in [-0.2, 0) is 27.9 Å². The number of benzene rings is 1. The summed E-state index contributed by atoms with van der Waals surface area (Å²) in [6, 6.07) is 6.68. The summed E-state index contributed by atoms with van der Waals surface area (Å²) in [6.07, 6.45) is 1.42. The van der Waals surface area contributed by atoms with Gasteiger partial charge in [-0.3, -0.25) is 9.36 Å². The first-order valence-electron chi connectivity index (χ1n) is 8.02. The number of anilines is 1. The minimum atomic E-state index is -3.80. The normalized spacial score (nSPS) is 11.9. The lowest BCUT2D eigenvalue weighted by molar-refractivity contribution is -0.137. The van der Waals surface area contributed by atoms with Gasteiger partial charge < -0.3 is 19.1 Å². The van der Waals surface area contributed by atoms with Gasteiger partial charge in [0.25, 0.3) is 0 Å². The summed E-state index contributed by atoms with van der Waals surface area (Å²) in [6.45, 7) is 6.77. The summed E-state index contributed by atoms with van der Waals surface area (Å²) in [7, 11) is -3.80. The Hall–Kier alpha value is -1.95. The maximum absolute atomic E-state index is 13.0. The second-order valence-corrected chi connectivity index (χ2v) is 6.88. The van der Waals surface area contributed by atoms with Gasteiger partial charge in [0, 0.05) is 12.6 Å². The fourth-order valence-corrected chi connectivity index (χ4v) is 3.62. The van der Waals surface area contributed by atoms with Crippen molar-refractivity contribution in [3.05, 3.63) is 35.1 Å². The lowest BCUT2D eigenvalue weighted by Gasteiger charge is -2.19. The Kier molecular flexibility index (Phi) is 8.55. The van der Waals surface area contributed by atoms with E-state index in [9.17, 15) is 14.2 Å². The van der Waals surface area contributed by atoms with E-state index in [0.717, 1.165) is 0 Å². The number of nitrogens with one attached hydrogen (secondary N) is 1. The molecule has 1 amide bonds. The Morgan fingerprint density at radius 3 is 2.04 bits per heavy atom. The van der Waals surface area contributed by atoms with Gasteiger partial charge in [0.1, 0.15) is 5.31 Å². The molecule has 0 aliphatic carbocycles. The van der Waals surface area contributed by atoms with Gasteiger partial charge in [-0.25, -0.2) is 4.79 Å². The Balaban J connectivity index is 3.26. The van der Waals surface area contributed by atoms with Crippen LogP contribution in [0.1, 0.15) is 33.3 Å². The fraction of sp³-hybridized carbons (Fsp3) is 0.412. The second kappa shape index (κ2) is 10.1. The number of amides is 1. The van der Waals surface area contributed by atoms with Gasteiger partial charge in [0.2, 0.25) is 5.91 Å². The van der Waals surface area contributed by atoms with E-state index >= 15 is 0 Å². The predicted octanol–water partition coefficient (Wildman–Crippen LogP) is 3.82. The Morgan fingerprint density at radius 2 is 1.60 bits per heavy atom. The zero-order valence-electron chi connectivity index (χ0n) is 14.9. The molecule has 0 saturated carbocycles. The van der Waals surface area contributed by atoms with E-state index in [-0.39, 0.29) is 31.0 Å². The van der Waals surface area contributed by atoms with E-state index in [0.29, 0.717) is 11.3 Å². The molecule has 7 nitrogen and oxygen atoms in total. The molecule has 0 unspecified atom stereocenters. The number of ether oxygens (including phenoxy) is 1. The lowest BCUT2D eigenvalue weighted by Crippen LogP contribution is -2.11. The standard InChI is InChI=1S/C17H24NO6P/c1-5-22-17(20)16(25(21,23-6-2)24-7-3)12-14-8-10-15(11-9-14)18-13(4)19/h8-12H,5-7H2,1-4H3,(H,18,19)/b16-12+. The van der Waals surface area contributed by atoms with Crippen molar-refractivity contribution in [2.24, 2.45) is 0 Å². The molecule has 1 N–H and O–H groups in total. The van der Waals surface area contributed by atoms with E-state index in [1.807, 2.05) is 0 Å². The van der Waals surface area contributed by atoms with Gasteiger partial charge in [0.05, 0.1) is 19.8 Å². The van der Waals surface area contributed by atoms with Crippen molar-refractivity contribution in [2.75, 3.05) is 25.1 Å². The van der Waals surface area contributed by atoms with Crippen LogP contribution >= 0.6 is 7.60 Å². The molecule has 0 spiro atoms. The van der Waals surface area contributed by atoms with Crippen molar-refractivity contribution in [3.63, 3.8) is 0 Å². The number of hydrogen-bond acceptors (Lipinski definition) is 6. The topological polar surface area (TPSA) is 90.9 Å². The molecule has 0 aliphatic rings. The highest BCUT2D eigenvalue weighted by Gasteiger charge is 2.36. The van der Waals surface area contributed by atoms with Crippen LogP contribution in [0, 0.1) is 0 Å². The van der Waals surface area contributed by atoms with Crippen LogP contribution in [0.25, 0.3) is 6.08 Å². The molecule has 138 valence electrons. The molecule has 0 fully saturated rings. The Morgan fingerprint density at radius 1 is 1.04 bits per heavy atom. The molecule has 0 aliphatic heterocycles. The summed E-state index contributed by atoms with van der Waals surface area (Å²) in [5.74, 6) is -0.939. The molecule has 0 heterocycles. The van der Waals surface area contributed by atoms with Crippen molar-refractivity contribution in [1.82, 2.24) is 0 Å². The second-order valence-electron chi connectivity index (χ2n) is 4.89. The zero-order chi connectivity index (χ0) is 18.9. The van der Waals surface area contributed by atoms with E-state index < -0.39 is 13.6 Å². The van der Waals surface area contributed by atoms with Crippen LogP contribution in [0.15, 0.2) is 29.6 Å². The van der Waals surface area contributed by atoms with Crippen molar-refractivity contribution in [2.45, 2.75) is 27.7 Å². The number of carbonyl (C=O) groups is 2. The minimum absolute atomic E-state index is 0.121. The fourth-order valence-electron chi connectivity index (χ4n) is 1.99. The molecule has 0 saturated heterocycles. The average Bonchev–Trinajstić information content (AvgIpc) is 2.54. The number of carbonyl (C=O) groups excluding carboxylic acids is 2. The average molecular weight is 369 g/mol. The maximum Gasteiger partial charge on any atom is 0.368 e. The summed E-state index contributed by atoms with van der Waals surface area (Å²) < 4.78 is 28.5. The van der Waals surface area contributed by atoms with E-state index in [1.165, 1.54) is 13.0 Å². The van der Waals surface area contributed by atoms with Crippen molar-refractivity contribution < 1.29 is 27.9 Å². The van der Waals surface area contributed by atoms with Gasteiger partial charge in [-0.15, -0.1) is 0 Å². The number of rotatable bonds is 9. The smallest absolute Gasteiger partial charge is 0.368 e. The van der Waals surface area contributed by atoms with Crippen LogP contribution < -0.4 is 5.32 Å². The third kappa shape index (κ3) is 6.46. The van der Waals surface area contributed by atoms with Crippen LogP contribution in [-0.4, -0.2) is 31.7 Å². The van der Waals surface area contributed by atoms with Gasteiger partial charge >= 0.3 is 13.6 Å².